The molecule has 1 saturated carbocycles. The highest BCUT2D eigenvalue weighted by Gasteiger charge is 2.30. The maximum Gasteiger partial charge on any atom is 0.0423 e. The van der Waals surface area contributed by atoms with E-state index in [9.17, 15) is 0 Å². The number of halogens is 1. The van der Waals surface area contributed by atoms with E-state index in [2.05, 4.69) is 61.0 Å². The fourth-order valence-electron chi connectivity index (χ4n) is 1.83. The molecule has 0 aromatic heterocycles. The van der Waals surface area contributed by atoms with Crippen LogP contribution in [0.4, 0.5) is 0 Å². The van der Waals surface area contributed by atoms with E-state index in [1.807, 2.05) is 0 Å². The van der Waals surface area contributed by atoms with Crippen molar-refractivity contribution in [2.75, 3.05) is 0 Å². The smallest absolute Gasteiger partial charge is 0.0423 e. The summed E-state index contributed by atoms with van der Waals surface area (Å²) in [6.07, 6.45) is 2.77. The number of alkyl halides is 1. The molecule has 0 bridgehead atoms. The molecule has 1 aliphatic rings. The van der Waals surface area contributed by atoms with E-state index in [1.165, 1.54) is 24.0 Å². The van der Waals surface area contributed by atoms with Gasteiger partial charge in [0.05, 0.1) is 0 Å². The van der Waals surface area contributed by atoms with Crippen molar-refractivity contribution in [3.63, 3.8) is 0 Å². The molecule has 1 heteroatoms. The van der Waals surface area contributed by atoms with Crippen LogP contribution >= 0.6 is 15.9 Å². The van der Waals surface area contributed by atoms with Crippen molar-refractivity contribution in [1.29, 1.82) is 0 Å². The lowest BCUT2D eigenvalue weighted by atomic mass is 9.86. The van der Waals surface area contributed by atoms with Crippen molar-refractivity contribution < 1.29 is 0 Å². The fourth-order valence-corrected chi connectivity index (χ4v) is 2.66. The van der Waals surface area contributed by atoms with Crippen LogP contribution in [0.15, 0.2) is 24.3 Å². The minimum Gasteiger partial charge on any atom is -0.0836 e. The molecule has 0 aliphatic heterocycles. The van der Waals surface area contributed by atoms with E-state index in [0.717, 1.165) is 5.92 Å². The molecule has 1 aromatic carbocycles. The third kappa shape index (κ3) is 2.63. The predicted molar refractivity (Wildman–Crippen MR) is 69.5 cm³/mol. The van der Waals surface area contributed by atoms with Gasteiger partial charge in [-0.15, -0.1) is 0 Å². The van der Waals surface area contributed by atoms with Gasteiger partial charge in [-0.3, -0.25) is 0 Å². The monoisotopic (exact) mass is 266 g/mol. The Kier molecular flexibility index (Phi) is 2.94. The second-order valence-corrected chi connectivity index (χ2v) is 6.60. The quantitative estimate of drug-likeness (QED) is 0.673. The molecule has 1 unspecified atom stereocenters. The largest absolute Gasteiger partial charge is 0.0836 e. The minimum atomic E-state index is 0.264. The summed E-state index contributed by atoms with van der Waals surface area (Å²) in [5.74, 6) is 0.880. The molecule has 1 atom stereocenters. The van der Waals surface area contributed by atoms with Gasteiger partial charge >= 0.3 is 0 Å². The second kappa shape index (κ2) is 3.93. The molecule has 1 aliphatic carbocycles. The second-order valence-electron chi connectivity index (χ2n) is 5.61. The van der Waals surface area contributed by atoms with Gasteiger partial charge < -0.3 is 0 Å². The van der Waals surface area contributed by atoms with Gasteiger partial charge in [0.25, 0.3) is 0 Å². The van der Waals surface area contributed by atoms with Gasteiger partial charge in [-0.25, -0.2) is 0 Å². The van der Waals surface area contributed by atoms with Gasteiger partial charge in [0, 0.05) is 4.83 Å². The van der Waals surface area contributed by atoms with Crippen molar-refractivity contribution in [3.8, 4) is 0 Å². The van der Waals surface area contributed by atoms with Crippen LogP contribution in [0.3, 0.4) is 0 Å². The van der Waals surface area contributed by atoms with Gasteiger partial charge in [-0.2, -0.15) is 0 Å². The zero-order chi connectivity index (χ0) is 11.1. The van der Waals surface area contributed by atoms with E-state index < -0.39 is 0 Å². The summed E-state index contributed by atoms with van der Waals surface area (Å²) in [6.45, 7) is 6.78. The molecule has 82 valence electrons. The topological polar surface area (TPSA) is 0 Å². The standard InChI is InChI=1S/C14H19Br/c1-14(2,3)12-8-6-11(7-9-12)13(15)10-4-5-10/h6-10,13H,4-5H2,1-3H3. The molecule has 0 amide bonds. The molecule has 0 heterocycles. The first-order chi connectivity index (χ1) is 6.98. The lowest BCUT2D eigenvalue weighted by molar-refractivity contribution is 0.590. The van der Waals surface area contributed by atoms with Crippen LogP contribution in [-0.2, 0) is 5.41 Å². The average Bonchev–Trinajstić information content (AvgIpc) is 2.99. The highest BCUT2D eigenvalue weighted by atomic mass is 79.9. The first-order valence-corrected chi connectivity index (χ1v) is 6.64. The molecule has 0 saturated heterocycles. The summed E-state index contributed by atoms with van der Waals surface area (Å²) in [5.41, 5.74) is 3.12. The predicted octanol–water partition coefficient (Wildman–Crippen LogP) is 4.83. The van der Waals surface area contributed by atoms with Crippen LogP contribution in [0.1, 0.15) is 49.6 Å². The Labute approximate surface area is 101 Å². The first kappa shape index (κ1) is 11.2. The number of rotatable bonds is 2. The Morgan fingerprint density at radius 1 is 1.13 bits per heavy atom. The van der Waals surface area contributed by atoms with Gasteiger partial charge in [0.1, 0.15) is 0 Å². The summed E-state index contributed by atoms with van der Waals surface area (Å²) in [5, 5.41) is 0. The molecule has 0 spiro atoms. The molecule has 15 heavy (non-hydrogen) atoms. The lowest BCUT2D eigenvalue weighted by Crippen LogP contribution is -2.10. The Hall–Kier alpha value is -0.300. The number of hydrogen-bond acceptors (Lipinski definition) is 0. The van der Waals surface area contributed by atoms with Gasteiger partial charge in [0.2, 0.25) is 0 Å². The molecule has 1 aromatic rings. The molecule has 2 rings (SSSR count). The normalized spacial score (nSPS) is 18.9. The molecular weight excluding hydrogens is 248 g/mol. The van der Waals surface area contributed by atoms with Crippen LogP contribution < -0.4 is 0 Å². The van der Waals surface area contributed by atoms with Crippen molar-refractivity contribution in [1.82, 2.24) is 0 Å². The Morgan fingerprint density at radius 3 is 2.07 bits per heavy atom. The Balaban J connectivity index is 2.16. The summed E-state index contributed by atoms with van der Waals surface area (Å²) < 4.78 is 0. The Bertz CT molecular complexity index is 327. The lowest BCUT2D eigenvalue weighted by Gasteiger charge is -2.20. The van der Waals surface area contributed by atoms with Crippen molar-refractivity contribution in [3.05, 3.63) is 35.4 Å². The zero-order valence-corrected chi connectivity index (χ0v) is 11.3. The van der Waals surface area contributed by atoms with E-state index in [-0.39, 0.29) is 5.41 Å². The van der Waals surface area contributed by atoms with E-state index in [0.29, 0.717) is 4.83 Å². The first-order valence-electron chi connectivity index (χ1n) is 5.73. The summed E-state index contributed by atoms with van der Waals surface area (Å²) in [7, 11) is 0. The van der Waals surface area contributed by atoms with Gasteiger partial charge in [-0.05, 0) is 35.3 Å². The number of hydrogen-bond donors (Lipinski definition) is 0. The molecule has 0 radical (unpaired) electrons. The summed E-state index contributed by atoms with van der Waals surface area (Å²) in [4.78, 5) is 0.575. The maximum atomic E-state index is 3.79. The maximum absolute atomic E-state index is 3.79. The minimum absolute atomic E-state index is 0.264. The summed E-state index contributed by atoms with van der Waals surface area (Å²) in [6, 6.07) is 9.09. The van der Waals surface area contributed by atoms with Crippen molar-refractivity contribution >= 4 is 15.9 Å². The van der Waals surface area contributed by atoms with Crippen LogP contribution in [0.5, 0.6) is 0 Å². The highest BCUT2D eigenvalue weighted by Crippen LogP contribution is 2.46. The molecule has 0 N–H and O–H groups in total. The molecule has 1 fully saturated rings. The van der Waals surface area contributed by atoms with E-state index >= 15 is 0 Å². The highest BCUT2D eigenvalue weighted by molar-refractivity contribution is 9.09. The molecule has 0 nitrogen and oxygen atoms in total. The van der Waals surface area contributed by atoms with Gasteiger partial charge in [0.15, 0.2) is 0 Å². The van der Waals surface area contributed by atoms with E-state index in [1.54, 1.807) is 0 Å². The number of benzene rings is 1. The Morgan fingerprint density at radius 2 is 1.67 bits per heavy atom. The third-order valence-electron chi connectivity index (χ3n) is 3.13. The van der Waals surface area contributed by atoms with Crippen LogP contribution in [0, 0.1) is 5.92 Å². The molecular formula is C14H19Br. The van der Waals surface area contributed by atoms with Crippen LogP contribution in [0.2, 0.25) is 0 Å². The van der Waals surface area contributed by atoms with Crippen molar-refractivity contribution in [2.24, 2.45) is 5.92 Å². The zero-order valence-electron chi connectivity index (χ0n) is 9.76. The average molecular weight is 267 g/mol. The van der Waals surface area contributed by atoms with Crippen molar-refractivity contribution in [2.45, 2.75) is 43.9 Å². The SMILES string of the molecule is CC(C)(C)c1ccc(C(Br)C2CC2)cc1. The summed E-state index contributed by atoms with van der Waals surface area (Å²) >= 11 is 3.79. The fraction of sp³-hybridized carbons (Fsp3) is 0.571. The van der Waals surface area contributed by atoms with E-state index in [4.69, 9.17) is 0 Å². The third-order valence-corrected chi connectivity index (χ3v) is 4.41. The van der Waals surface area contributed by atoms with Crippen LogP contribution in [-0.4, -0.2) is 0 Å². The van der Waals surface area contributed by atoms with Gasteiger partial charge in [-0.1, -0.05) is 61.0 Å². The van der Waals surface area contributed by atoms with Crippen LogP contribution in [0.25, 0.3) is 0 Å².